The van der Waals surface area contributed by atoms with Crippen LogP contribution in [0.15, 0.2) is 42.6 Å². The molecule has 1 N–H and O–H groups in total. The Hall–Kier alpha value is -2.86. The predicted molar refractivity (Wildman–Crippen MR) is 94.2 cm³/mol. The number of aromatic nitrogens is 1. The highest BCUT2D eigenvalue weighted by Crippen LogP contribution is 2.36. The first-order valence-corrected chi connectivity index (χ1v) is 7.68. The maximum Gasteiger partial charge on any atom is 0.258 e. The van der Waals surface area contributed by atoms with Crippen LogP contribution in [0.3, 0.4) is 0 Å². The van der Waals surface area contributed by atoms with Crippen molar-refractivity contribution in [2.24, 2.45) is 0 Å². The minimum absolute atomic E-state index is 0.117. The summed E-state index contributed by atoms with van der Waals surface area (Å²) in [7, 11) is 2.91. The Morgan fingerprint density at radius 2 is 1.92 bits per heavy atom. The van der Waals surface area contributed by atoms with Gasteiger partial charge in [0, 0.05) is 23.7 Å². The van der Waals surface area contributed by atoms with E-state index >= 15 is 0 Å². The van der Waals surface area contributed by atoms with E-state index in [0.717, 1.165) is 6.07 Å². The van der Waals surface area contributed by atoms with E-state index in [-0.39, 0.29) is 5.56 Å². The number of ether oxygens (including phenoxy) is 2. The quantitative estimate of drug-likeness (QED) is 0.753. The van der Waals surface area contributed by atoms with Gasteiger partial charge >= 0.3 is 0 Å². The van der Waals surface area contributed by atoms with Gasteiger partial charge in [-0.1, -0.05) is 17.7 Å². The summed E-state index contributed by atoms with van der Waals surface area (Å²) in [6, 6.07) is 8.89. The molecule has 0 saturated carbocycles. The van der Waals surface area contributed by atoms with Crippen molar-refractivity contribution >= 4 is 34.1 Å². The summed E-state index contributed by atoms with van der Waals surface area (Å²) < 4.78 is 24.2. The van der Waals surface area contributed by atoms with Gasteiger partial charge in [-0.15, -0.1) is 0 Å². The third kappa shape index (κ3) is 3.34. The van der Waals surface area contributed by atoms with E-state index in [1.807, 2.05) is 0 Å². The fraction of sp³-hybridized carbons (Fsp3) is 0.111. The number of carbonyl (C=O) groups is 1. The number of hydrogen-bond donors (Lipinski definition) is 1. The van der Waals surface area contributed by atoms with Gasteiger partial charge in [0.25, 0.3) is 5.91 Å². The molecule has 0 aliphatic heterocycles. The van der Waals surface area contributed by atoms with Gasteiger partial charge in [-0.05, 0) is 18.2 Å². The zero-order chi connectivity index (χ0) is 18.0. The van der Waals surface area contributed by atoms with Gasteiger partial charge in [-0.25, -0.2) is 4.39 Å². The molecule has 0 aliphatic carbocycles. The highest BCUT2D eigenvalue weighted by Gasteiger charge is 2.17. The zero-order valence-electron chi connectivity index (χ0n) is 13.5. The summed E-state index contributed by atoms with van der Waals surface area (Å²) in [4.78, 5) is 16.9. The Kier molecular flexibility index (Phi) is 4.72. The summed E-state index contributed by atoms with van der Waals surface area (Å²) in [5.74, 6) is -0.315. The van der Waals surface area contributed by atoms with Crippen LogP contribution in [0.5, 0.6) is 11.5 Å². The Morgan fingerprint density at radius 3 is 2.64 bits per heavy atom. The molecule has 0 fully saturated rings. The molecule has 7 heteroatoms. The fourth-order valence-corrected chi connectivity index (χ4v) is 2.71. The van der Waals surface area contributed by atoms with E-state index in [4.69, 9.17) is 21.1 Å². The third-order valence-corrected chi connectivity index (χ3v) is 3.93. The molecule has 3 aromatic rings. The number of methoxy groups -OCH3 is 2. The number of rotatable bonds is 4. The van der Waals surface area contributed by atoms with Gasteiger partial charge in [0.15, 0.2) is 0 Å². The number of carbonyl (C=O) groups excluding carboxylic acids is 1. The van der Waals surface area contributed by atoms with Crippen LogP contribution in [0.4, 0.5) is 10.1 Å². The molecule has 0 spiro atoms. The van der Waals surface area contributed by atoms with E-state index in [0.29, 0.717) is 33.1 Å². The van der Waals surface area contributed by atoms with Crippen LogP contribution in [0, 0.1) is 5.82 Å². The molecule has 0 saturated heterocycles. The normalized spacial score (nSPS) is 10.6. The Labute approximate surface area is 148 Å². The Bertz CT molecular complexity index is 962. The number of fused-ring (bicyclic) bond motifs is 1. The van der Waals surface area contributed by atoms with Crippen LogP contribution >= 0.6 is 11.6 Å². The second-order valence-electron chi connectivity index (χ2n) is 5.17. The molecule has 1 aromatic heterocycles. The molecule has 0 atom stereocenters. The Balaban J connectivity index is 2.04. The minimum Gasteiger partial charge on any atom is -0.495 e. The number of nitrogens with zero attached hydrogens (tertiary/aromatic N) is 1. The van der Waals surface area contributed by atoms with Crippen LogP contribution < -0.4 is 14.8 Å². The summed E-state index contributed by atoms with van der Waals surface area (Å²) in [6.07, 6.45) is 1.54. The number of amides is 1. The van der Waals surface area contributed by atoms with E-state index in [9.17, 15) is 9.18 Å². The first kappa shape index (κ1) is 17.0. The average Bonchev–Trinajstić information content (AvgIpc) is 2.61. The summed E-state index contributed by atoms with van der Waals surface area (Å²) in [6.45, 7) is 0. The van der Waals surface area contributed by atoms with Crippen molar-refractivity contribution in [1.82, 2.24) is 4.98 Å². The van der Waals surface area contributed by atoms with Gasteiger partial charge < -0.3 is 14.8 Å². The molecule has 1 amide bonds. The van der Waals surface area contributed by atoms with E-state index in [1.54, 1.807) is 18.3 Å². The lowest BCUT2D eigenvalue weighted by Gasteiger charge is -2.14. The number of benzene rings is 2. The summed E-state index contributed by atoms with van der Waals surface area (Å²) in [5.41, 5.74) is 0.870. The number of nitrogens with one attached hydrogen (secondary N) is 1. The highest BCUT2D eigenvalue weighted by molar-refractivity contribution is 6.32. The lowest BCUT2D eigenvalue weighted by atomic mass is 10.1. The van der Waals surface area contributed by atoms with Crippen molar-refractivity contribution in [2.45, 2.75) is 0 Å². The molecule has 3 rings (SSSR count). The van der Waals surface area contributed by atoms with Crippen LogP contribution in [0.2, 0.25) is 5.02 Å². The number of halogens is 2. The first-order chi connectivity index (χ1) is 12.0. The van der Waals surface area contributed by atoms with Crippen molar-refractivity contribution in [3.8, 4) is 11.5 Å². The fourth-order valence-electron chi connectivity index (χ4n) is 2.48. The van der Waals surface area contributed by atoms with Crippen LogP contribution in [0.1, 0.15) is 10.4 Å². The molecule has 5 nitrogen and oxygen atoms in total. The van der Waals surface area contributed by atoms with Gasteiger partial charge in [-0.2, -0.15) is 0 Å². The molecule has 0 bridgehead atoms. The van der Waals surface area contributed by atoms with Gasteiger partial charge in [-0.3, -0.25) is 9.78 Å². The van der Waals surface area contributed by atoms with Gasteiger partial charge in [0.2, 0.25) is 0 Å². The molecule has 0 aliphatic rings. The molecule has 2 aromatic carbocycles. The lowest BCUT2D eigenvalue weighted by Crippen LogP contribution is -2.14. The van der Waals surface area contributed by atoms with Crippen molar-refractivity contribution in [3.05, 3.63) is 59.0 Å². The monoisotopic (exact) mass is 360 g/mol. The molecular formula is C18H14ClFN2O3. The third-order valence-electron chi connectivity index (χ3n) is 3.64. The molecule has 25 heavy (non-hydrogen) atoms. The lowest BCUT2D eigenvalue weighted by molar-refractivity contribution is 0.102. The largest absolute Gasteiger partial charge is 0.495 e. The smallest absolute Gasteiger partial charge is 0.258 e. The van der Waals surface area contributed by atoms with Crippen LogP contribution in [-0.2, 0) is 0 Å². The molecule has 0 radical (unpaired) electrons. The van der Waals surface area contributed by atoms with Crippen molar-refractivity contribution in [2.75, 3.05) is 19.5 Å². The number of anilines is 1. The van der Waals surface area contributed by atoms with E-state index in [2.05, 4.69) is 10.3 Å². The zero-order valence-corrected chi connectivity index (χ0v) is 14.2. The summed E-state index contributed by atoms with van der Waals surface area (Å²) >= 11 is 6.06. The van der Waals surface area contributed by atoms with Crippen LogP contribution in [0.25, 0.3) is 10.9 Å². The Morgan fingerprint density at radius 1 is 1.16 bits per heavy atom. The number of hydrogen-bond acceptors (Lipinski definition) is 4. The molecule has 128 valence electrons. The van der Waals surface area contributed by atoms with E-state index < -0.39 is 11.7 Å². The molecule has 0 unspecified atom stereocenters. The van der Waals surface area contributed by atoms with Gasteiger partial charge in [0.1, 0.15) is 17.3 Å². The van der Waals surface area contributed by atoms with Crippen molar-refractivity contribution in [3.63, 3.8) is 0 Å². The highest BCUT2D eigenvalue weighted by atomic mass is 35.5. The second-order valence-corrected chi connectivity index (χ2v) is 5.58. The maximum absolute atomic E-state index is 13.8. The van der Waals surface area contributed by atoms with Crippen molar-refractivity contribution in [1.29, 1.82) is 0 Å². The number of pyridine rings is 1. The van der Waals surface area contributed by atoms with Gasteiger partial charge in [0.05, 0.1) is 36.0 Å². The maximum atomic E-state index is 13.8. The predicted octanol–water partition coefficient (Wildman–Crippen LogP) is 4.30. The standard InChI is InChI=1S/C18H14ClFN2O3/c1-24-15-9-14(16(25-2)8-13(15)19)22-18(23)12-7-11(20)6-10-4-3-5-21-17(10)12/h3-9H,1-2H3,(H,22,23). The van der Waals surface area contributed by atoms with Crippen LogP contribution in [-0.4, -0.2) is 25.1 Å². The topological polar surface area (TPSA) is 60.5 Å². The summed E-state index contributed by atoms with van der Waals surface area (Å²) in [5, 5.41) is 3.57. The second kappa shape index (κ2) is 6.94. The first-order valence-electron chi connectivity index (χ1n) is 7.30. The molecular weight excluding hydrogens is 347 g/mol. The molecule has 1 heterocycles. The van der Waals surface area contributed by atoms with Crippen molar-refractivity contribution < 1.29 is 18.7 Å². The SMILES string of the molecule is COc1cc(NC(=O)c2cc(F)cc3cccnc23)c(OC)cc1Cl. The average molecular weight is 361 g/mol. The minimum atomic E-state index is -0.522. The van der Waals surface area contributed by atoms with E-state index in [1.165, 1.54) is 32.4 Å².